The van der Waals surface area contributed by atoms with E-state index >= 15 is 0 Å². The van der Waals surface area contributed by atoms with E-state index in [0.717, 1.165) is 24.4 Å². The molecule has 1 aliphatic rings. The van der Waals surface area contributed by atoms with E-state index in [-0.39, 0.29) is 24.4 Å². The van der Waals surface area contributed by atoms with Crippen LogP contribution in [0.3, 0.4) is 0 Å². The van der Waals surface area contributed by atoms with E-state index in [9.17, 15) is 9.18 Å². The quantitative estimate of drug-likeness (QED) is 0.647. The fraction of sp³-hybridized carbons (Fsp3) is 0.381. The number of morpholine rings is 1. The molecule has 6 nitrogen and oxygen atoms in total. The van der Waals surface area contributed by atoms with E-state index in [1.165, 1.54) is 18.2 Å². The standard InChI is InChI=1S/C21H24BrFN2O4/c1-27-17-5-2-15(3-6-17)19(25-8-10-28-11-9-25)13-24-21(26)14-29-20-7-4-16(23)12-18(20)22/h2-7,12,19H,8-11,13-14H2,1H3,(H,24,26). The Morgan fingerprint density at radius 2 is 1.97 bits per heavy atom. The highest BCUT2D eigenvalue weighted by molar-refractivity contribution is 9.10. The largest absolute Gasteiger partial charge is 0.497 e. The number of nitrogens with one attached hydrogen (secondary N) is 1. The lowest BCUT2D eigenvalue weighted by Crippen LogP contribution is -2.44. The summed E-state index contributed by atoms with van der Waals surface area (Å²) in [7, 11) is 1.63. The maximum atomic E-state index is 13.2. The molecule has 2 aromatic rings. The summed E-state index contributed by atoms with van der Waals surface area (Å²) < 4.78 is 29.8. The maximum absolute atomic E-state index is 13.2. The first-order chi connectivity index (χ1) is 14.1. The molecule has 0 saturated carbocycles. The number of ether oxygens (including phenoxy) is 3. The lowest BCUT2D eigenvalue weighted by molar-refractivity contribution is -0.123. The van der Waals surface area contributed by atoms with Crippen molar-refractivity contribution in [1.29, 1.82) is 0 Å². The predicted molar refractivity (Wildman–Crippen MR) is 111 cm³/mol. The molecule has 2 aromatic carbocycles. The van der Waals surface area contributed by atoms with Crippen molar-refractivity contribution in [2.45, 2.75) is 6.04 Å². The van der Waals surface area contributed by atoms with Gasteiger partial charge in [-0.1, -0.05) is 12.1 Å². The minimum Gasteiger partial charge on any atom is -0.497 e. The van der Waals surface area contributed by atoms with Crippen LogP contribution >= 0.6 is 15.9 Å². The minimum absolute atomic E-state index is 0.0197. The molecular formula is C21H24BrFN2O4. The second-order valence-corrected chi connectivity index (χ2v) is 7.46. The monoisotopic (exact) mass is 466 g/mol. The maximum Gasteiger partial charge on any atom is 0.258 e. The Balaban J connectivity index is 1.60. The zero-order valence-corrected chi connectivity index (χ0v) is 17.8. The van der Waals surface area contributed by atoms with Gasteiger partial charge in [-0.05, 0) is 51.8 Å². The second kappa shape index (κ2) is 10.6. The van der Waals surface area contributed by atoms with Crippen molar-refractivity contribution < 1.29 is 23.4 Å². The first kappa shape index (κ1) is 21.5. The summed E-state index contributed by atoms with van der Waals surface area (Å²) in [4.78, 5) is 14.6. The summed E-state index contributed by atoms with van der Waals surface area (Å²) in [6.07, 6.45) is 0. The summed E-state index contributed by atoms with van der Waals surface area (Å²) >= 11 is 3.23. The highest BCUT2D eigenvalue weighted by Gasteiger charge is 2.23. The number of methoxy groups -OCH3 is 1. The highest BCUT2D eigenvalue weighted by Crippen LogP contribution is 2.26. The molecule has 0 aromatic heterocycles. The average molecular weight is 467 g/mol. The number of rotatable bonds is 8. The zero-order chi connectivity index (χ0) is 20.6. The fourth-order valence-corrected chi connectivity index (χ4v) is 3.64. The van der Waals surface area contributed by atoms with Gasteiger partial charge in [-0.15, -0.1) is 0 Å². The van der Waals surface area contributed by atoms with Crippen LogP contribution < -0.4 is 14.8 Å². The molecule has 156 valence electrons. The van der Waals surface area contributed by atoms with Crippen molar-refractivity contribution in [2.24, 2.45) is 0 Å². The van der Waals surface area contributed by atoms with E-state index < -0.39 is 0 Å². The van der Waals surface area contributed by atoms with E-state index in [1.807, 2.05) is 24.3 Å². The number of nitrogens with zero attached hydrogens (tertiary/aromatic N) is 1. The van der Waals surface area contributed by atoms with Crippen LogP contribution in [-0.4, -0.2) is 57.4 Å². The molecule has 0 bridgehead atoms. The Morgan fingerprint density at radius 3 is 2.62 bits per heavy atom. The van der Waals surface area contributed by atoms with E-state index in [1.54, 1.807) is 7.11 Å². The van der Waals surface area contributed by atoms with Gasteiger partial charge in [0.1, 0.15) is 17.3 Å². The summed E-state index contributed by atoms with van der Waals surface area (Å²) in [6.45, 7) is 3.23. The topological polar surface area (TPSA) is 60.0 Å². The van der Waals surface area contributed by atoms with Crippen LogP contribution in [0.4, 0.5) is 4.39 Å². The predicted octanol–water partition coefficient (Wildman–Crippen LogP) is 3.17. The number of benzene rings is 2. The van der Waals surface area contributed by atoms with Crippen LogP contribution in [-0.2, 0) is 9.53 Å². The van der Waals surface area contributed by atoms with Crippen LogP contribution in [0.1, 0.15) is 11.6 Å². The molecule has 1 N–H and O–H groups in total. The van der Waals surface area contributed by atoms with Crippen LogP contribution in [0.5, 0.6) is 11.5 Å². The molecule has 1 amide bonds. The van der Waals surface area contributed by atoms with Crippen LogP contribution in [0.2, 0.25) is 0 Å². The molecule has 1 aliphatic heterocycles. The van der Waals surface area contributed by atoms with Gasteiger partial charge in [0, 0.05) is 19.6 Å². The summed E-state index contributed by atoms with van der Waals surface area (Å²) in [5.74, 6) is 0.590. The number of halogens is 2. The van der Waals surface area contributed by atoms with E-state index in [0.29, 0.717) is 30.0 Å². The molecular weight excluding hydrogens is 443 g/mol. The van der Waals surface area contributed by atoms with Gasteiger partial charge in [-0.2, -0.15) is 0 Å². The summed E-state index contributed by atoms with van der Waals surface area (Å²) in [6, 6.07) is 11.9. The minimum atomic E-state index is -0.374. The van der Waals surface area contributed by atoms with Crippen molar-refractivity contribution in [1.82, 2.24) is 10.2 Å². The molecule has 1 saturated heterocycles. The molecule has 3 rings (SSSR count). The molecule has 1 fully saturated rings. The Hall–Kier alpha value is -2.16. The first-order valence-corrected chi connectivity index (χ1v) is 10.2. The SMILES string of the molecule is COc1ccc(C(CNC(=O)COc2ccc(F)cc2Br)N2CCOCC2)cc1. The van der Waals surface area contributed by atoms with Gasteiger partial charge in [-0.3, -0.25) is 9.69 Å². The third-order valence-electron chi connectivity index (χ3n) is 4.73. The van der Waals surface area contributed by atoms with Gasteiger partial charge < -0.3 is 19.5 Å². The average Bonchev–Trinajstić information content (AvgIpc) is 2.74. The number of hydrogen-bond acceptors (Lipinski definition) is 5. The molecule has 0 aliphatic carbocycles. The van der Waals surface area contributed by atoms with Gasteiger partial charge in [0.15, 0.2) is 6.61 Å². The van der Waals surface area contributed by atoms with Crippen molar-refractivity contribution in [3.8, 4) is 11.5 Å². The number of amides is 1. The molecule has 0 spiro atoms. The van der Waals surface area contributed by atoms with Crippen LogP contribution in [0, 0.1) is 5.82 Å². The van der Waals surface area contributed by atoms with Gasteiger partial charge in [0.05, 0.1) is 30.8 Å². The molecule has 0 radical (unpaired) electrons. The lowest BCUT2D eigenvalue weighted by atomic mass is 10.0. The fourth-order valence-electron chi connectivity index (χ4n) is 3.17. The van der Waals surface area contributed by atoms with Crippen molar-refractivity contribution in [3.63, 3.8) is 0 Å². The molecule has 1 unspecified atom stereocenters. The van der Waals surface area contributed by atoms with Crippen molar-refractivity contribution in [3.05, 3.63) is 58.3 Å². The Labute approximate surface area is 178 Å². The zero-order valence-electron chi connectivity index (χ0n) is 16.2. The highest BCUT2D eigenvalue weighted by atomic mass is 79.9. The molecule has 29 heavy (non-hydrogen) atoms. The van der Waals surface area contributed by atoms with Gasteiger partial charge in [-0.25, -0.2) is 4.39 Å². The molecule has 1 heterocycles. The van der Waals surface area contributed by atoms with E-state index in [4.69, 9.17) is 14.2 Å². The van der Waals surface area contributed by atoms with Crippen LogP contribution in [0.15, 0.2) is 46.9 Å². The number of carbonyl (C=O) groups excluding carboxylic acids is 1. The molecule has 1 atom stereocenters. The second-order valence-electron chi connectivity index (χ2n) is 6.60. The van der Waals surface area contributed by atoms with Gasteiger partial charge >= 0.3 is 0 Å². The normalized spacial score (nSPS) is 15.6. The Morgan fingerprint density at radius 1 is 1.24 bits per heavy atom. The Kier molecular flexibility index (Phi) is 7.85. The Bertz CT molecular complexity index is 813. The van der Waals surface area contributed by atoms with Crippen molar-refractivity contribution >= 4 is 21.8 Å². The summed E-state index contributed by atoms with van der Waals surface area (Å²) in [5.41, 5.74) is 1.09. The van der Waals surface area contributed by atoms with Crippen molar-refractivity contribution in [2.75, 3.05) is 46.6 Å². The van der Waals surface area contributed by atoms with Gasteiger partial charge in [0.25, 0.3) is 5.91 Å². The number of carbonyl (C=O) groups is 1. The third kappa shape index (κ3) is 6.16. The third-order valence-corrected chi connectivity index (χ3v) is 5.35. The first-order valence-electron chi connectivity index (χ1n) is 9.37. The lowest BCUT2D eigenvalue weighted by Gasteiger charge is -2.35. The smallest absolute Gasteiger partial charge is 0.258 e. The van der Waals surface area contributed by atoms with Crippen LogP contribution in [0.25, 0.3) is 0 Å². The number of hydrogen-bond donors (Lipinski definition) is 1. The van der Waals surface area contributed by atoms with Gasteiger partial charge in [0.2, 0.25) is 0 Å². The van der Waals surface area contributed by atoms with E-state index in [2.05, 4.69) is 26.1 Å². The summed E-state index contributed by atoms with van der Waals surface area (Å²) in [5, 5.41) is 2.94. The molecule has 8 heteroatoms.